The molecule has 1 aromatic heterocycles. The molecule has 0 aliphatic rings. The Morgan fingerprint density at radius 3 is 2.81 bits per heavy atom. The second-order valence-electron chi connectivity index (χ2n) is 4.08. The molecule has 21 heavy (non-hydrogen) atoms. The molecule has 0 spiro atoms. The molecule has 8 heteroatoms. The van der Waals surface area contributed by atoms with Crippen molar-refractivity contribution in [1.82, 2.24) is 4.98 Å². The quantitative estimate of drug-likeness (QED) is 0.823. The van der Waals surface area contributed by atoms with Crippen LogP contribution in [0.1, 0.15) is 6.92 Å². The maximum absolute atomic E-state index is 12.5. The average Bonchev–Trinajstić information content (AvgIpc) is 2.43. The predicted molar refractivity (Wildman–Crippen MR) is 82.1 cm³/mol. The summed E-state index contributed by atoms with van der Waals surface area (Å²) in [5.74, 6) is 0.260. The summed E-state index contributed by atoms with van der Waals surface area (Å²) in [6.45, 7) is 2.09. The molecular weight excluding hydrogens is 314 g/mol. The molecule has 0 radical (unpaired) electrons. The van der Waals surface area contributed by atoms with E-state index < -0.39 is 10.0 Å². The van der Waals surface area contributed by atoms with Gasteiger partial charge in [-0.1, -0.05) is 11.6 Å². The Bertz CT molecular complexity index is 750. The minimum Gasteiger partial charge on any atom is -0.492 e. The van der Waals surface area contributed by atoms with Gasteiger partial charge in [0.1, 0.15) is 10.6 Å². The van der Waals surface area contributed by atoms with Crippen molar-refractivity contribution in [1.29, 1.82) is 0 Å². The Hall–Kier alpha value is -1.99. The Morgan fingerprint density at radius 1 is 1.38 bits per heavy atom. The first kappa shape index (κ1) is 15.4. The number of benzene rings is 1. The first-order chi connectivity index (χ1) is 9.94. The van der Waals surface area contributed by atoms with Crippen molar-refractivity contribution < 1.29 is 13.2 Å². The van der Waals surface area contributed by atoms with Crippen molar-refractivity contribution in [3.63, 3.8) is 0 Å². The van der Waals surface area contributed by atoms with Crippen LogP contribution in [0.25, 0.3) is 0 Å². The number of nitrogen functional groups attached to an aromatic ring is 1. The van der Waals surface area contributed by atoms with Gasteiger partial charge in [0, 0.05) is 11.9 Å². The van der Waals surface area contributed by atoms with E-state index in [-0.39, 0.29) is 21.5 Å². The number of nitrogens with two attached hydrogens (primary N) is 1. The highest BCUT2D eigenvalue weighted by Crippen LogP contribution is 2.29. The summed E-state index contributed by atoms with van der Waals surface area (Å²) in [5, 5.41) is 0.197. The number of rotatable bonds is 5. The Balaban J connectivity index is 2.44. The van der Waals surface area contributed by atoms with E-state index in [1.165, 1.54) is 24.4 Å². The van der Waals surface area contributed by atoms with Crippen molar-refractivity contribution in [2.45, 2.75) is 11.8 Å². The van der Waals surface area contributed by atoms with Gasteiger partial charge in [0.05, 0.1) is 11.6 Å². The van der Waals surface area contributed by atoms with Gasteiger partial charge in [0.15, 0.2) is 5.82 Å². The lowest BCUT2D eigenvalue weighted by molar-refractivity contribution is 0.331. The number of ether oxygens (including phenoxy) is 1. The molecule has 2 rings (SSSR count). The van der Waals surface area contributed by atoms with E-state index in [0.717, 1.165) is 0 Å². The third-order valence-electron chi connectivity index (χ3n) is 2.55. The lowest BCUT2D eigenvalue weighted by Crippen LogP contribution is -2.16. The number of sulfonamides is 1. The molecular formula is C13H14ClN3O3S. The topological polar surface area (TPSA) is 94.3 Å². The molecule has 1 aromatic carbocycles. The first-order valence-electron chi connectivity index (χ1n) is 6.09. The lowest BCUT2D eigenvalue weighted by atomic mass is 10.3. The molecule has 0 aliphatic carbocycles. The second kappa shape index (κ2) is 6.19. The molecule has 0 atom stereocenters. The van der Waals surface area contributed by atoms with Crippen molar-refractivity contribution in [2.24, 2.45) is 0 Å². The van der Waals surface area contributed by atoms with Gasteiger partial charge in [0.25, 0.3) is 10.0 Å². The number of hydrogen-bond acceptors (Lipinski definition) is 5. The van der Waals surface area contributed by atoms with Gasteiger partial charge in [-0.2, -0.15) is 0 Å². The second-order valence-corrected chi connectivity index (χ2v) is 6.14. The van der Waals surface area contributed by atoms with E-state index in [1.54, 1.807) is 19.1 Å². The maximum Gasteiger partial charge on any atom is 0.266 e. The molecule has 0 saturated carbocycles. The van der Waals surface area contributed by atoms with Gasteiger partial charge in [-0.15, -0.1) is 0 Å². The van der Waals surface area contributed by atoms with Gasteiger partial charge in [-0.05, 0) is 37.3 Å². The van der Waals surface area contributed by atoms with E-state index in [4.69, 9.17) is 22.1 Å². The minimum absolute atomic E-state index is 0.0454. The predicted octanol–water partition coefficient (Wildman–Crippen LogP) is 2.52. The van der Waals surface area contributed by atoms with Crippen LogP contribution in [0.2, 0.25) is 5.02 Å². The van der Waals surface area contributed by atoms with Crippen LogP contribution in [-0.2, 0) is 10.0 Å². The Labute approximate surface area is 128 Å². The van der Waals surface area contributed by atoms with Crippen LogP contribution in [0.5, 0.6) is 5.75 Å². The van der Waals surface area contributed by atoms with Crippen LogP contribution < -0.4 is 15.2 Å². The van der Waals surface area contributed by atoms with Crippen molar-refractivity contribution in [2.75, 3.05) is 17.1 Å². The summed E-state index contributed by atoms with van der Waals surface area (Å²) in [6.07, 6.45) is 1.44. The van der Waals surface area contributed by atoms with Gasteiger partial charge in [-0.25, -0.2) is 13.4 Å². The summed E-state index contributed by atoms with van der Waals surface area (Å²) in [4.78, 5) is 3.83. The fourth-order valence-corrected chi connectivity index (χ4v) is 3.09. The molecule has 0 saturated heterocycles. The molecule has 2 aromatic rings. The van der Waals surface area contributed by atoms with Crippen LogP contribution in [0.15, 0.2) is 41.4 Å². The highest BCUT2D eigenvalue weighted by molar-refractivity contribution is 7.92. The van der Waals surface area contributed by atoms with Crippen LogP contribution in [-0.4, -0.2) is 20.0 Å². The molecule has 0 fully saturated rings. The molecule has 3 N–H and O–H groups in total. The Morgan fingerprint density at radius 2 is 2.14 bits per heavy atom. The minimum atomic E-state index is -3.91. The fourth-order valence-electron chi connectivity index (χ4n) is 1.65. The zero-order valence-corrected chi connectivity index (χ0v) is 12.8. The maximum atomic E-state index is 12.5. The van der Waals surface area contributed by atoms with E-state index >= 15 is 0 Å². The molecule has 6 nitrogen and oxygen atoms in total. The van der Waals surface area contributed by atoms with E-state index in [2.05, 4.69) is 9.71 Å². The van der Waals surface area contributed by atoms with E-state index in [0.29, 0.717) is 12.3 Å². The number of nitrogens with zero attached hydrogens (tertiary/aromatic N) is 1. The molecule has 112 valence electrons. The highest BCUT2D eigenvalue weighted by Gasteiger charge is 2.21. The smallest absolute Gasteiger partial charge is 0.266 e. The van der Waals surface area contributed by atoms with Gasteiger partial charge in [-0.3, -0.25) is 4.72 Å². The number of nitrogens with one attached hydrogen (secondary N) is 1. The zero-order valence-electron chi connectivity index (χ0n) is 11.2. The molecule has 0 unspecified atom stereocenters. The average molecular weight is 328 g/mol. The largest absolute Gasteiger partial charge is 0.492 e. The number of anilines is 2. The third kappa shape index (κ3) is 3.56. The van der Waals surface area contributed by atoms with Gasteiger partial charge in [0.2, 0.25) is 0 Å². The summed E-state index contributed by atoms with van der Waals surface area (Å²) in [7, 11) is -3.91. The third-order valence-corrected chi connectivity index (χ3v) is 4.21. The first-order valence-corrected chi connectivity index (χ1v) is 7.96. The van der Waals surface area contributed by atoms with Gasteiger partial charge < -0.3 is 10.5 Å². The monoisotopic (exact) mass is 327 g/mol. The van der Waals surface area contributed by atoms with Gasteiger partial charge >= 0.3 is 0 Å². The summed E-state index contributed by atoms with van der Waals surface area (Å²) in [6, 6.07) is 7.54. The van der Waals surface area contributed by atoms with E-state index in [1.807, 2.05) is 0 Å². The molecule has 0 bridgehead atoms. The highest BCUT2D eigenvalue weighted by atomic mass is 35.5. The number of halogens is 1. The van der Waals surface area contributed by atoms with Crippen LogP contribution in [0.3, 0.4) is 0 Å². The normalized spacial score (nSPS) is 11.1. The fraction of sp³-hybridized carbons (Fsp3) is 0.154. The van der Waals surface area contributed by atoms with Crippen molar-refractivity contribution in [3.8, 4) is 5.75 Å². The number of pyridine rings is 1. The Kier molecular flexibility index (Phi) is 4.54. The van der Waals surface area contributed by atoms with Crippen LogP contribution >= 0.6 is 11.6 Å². The summed E-state index contributed by atoms with van der Waals surface area (Å²) >= 11 is 5.90. The lowest BCUT2D eigenvalue weighted by Gasteiger charge is -2.13. The van der Waals surface area contributed by atoms with Crippen molar-refractivity contribution >= 4 is 33.1 Å². The summed E-state index contributed by atoms with van der Waals surface area (Å²) < 4.78 is 32.6. The van der Waals surface area contributed by atoms with E-state index in [9.17, 15) is 8.42 Å². The van der Waals surface area contributed by atoms with Crippen molar-refractivity contribution in [3.05, 3.63) is 41.6 Å². The zero-order chi connectivity index (χ0) is 15.5. The summed E-state index contributed by atoms with van der Waals surface area (Å²) in [5.41, 5.74) is 5.97. The molecule has 0 amide bonds. The standard InChI is InChI=1S/C13H14ClN3O3S/c1-2-20-11-6-5-9(15)8-12(11)21(18,19)17-13-10(14)4-3-7-16-13/h3-8H,2,15H2,1H3,(H,16,17). The SMILES string of the molecule is CCOc1ccc(N)cc1S(=O)(=O)Nc1ncccc1Cl. The van der Waals surface area contributed by atoms with Crippen LogP contribution in [0, 0.1) is 0 Å². The van der Waals surface area contributed by atoms with Crippen LogP contribution in [0.4, 0.5) is 11.5 Å². The number of hydrogen-bond donors (Lipinski definition) is 2. The molecule has 1 heterocycles. The number of aromatic nitrogens is 1. The molecule has 0 aliphatic heterocycles.